The van der Waals surface area contributed by atoms with Crippen LogP contribution in [0.5, 0.6) is 0 Å². The lowest BCUT2D eigenvalue weighted by molar-refractivity contribution is 0.669. The monoisotopic (exact) mass is 676 g/mol. The van der Waals surface area contributed by atoms with Crippen LogP contribution in [0.4, 0.5) is 0 Å². The molecule has 0 aliphatic heterocycles. The van der Waals surface area contributed by atoms with Gasteiger partial charge >= 0.3 is 0 Å². The SMILES string of the molecule is [2H]c1c([2H])c(-c2c3c([2H])c([2H])c([2H])c([2H])c3c(-c3c([2H])c([2H])c4oc5c([2H])c6c([2H])c([2H])c([2H])c([2H])c6c([2H])c5c4c3[2H])c3c([2H])c([2H])c([2H])c([2H])c23)c([2H])c(-c2c([2H])c([2H])c([2H])c3c2c([2H])c([2H])c2c([2H])c([2H])c([2H])c([2H])c23)c1[2H]. The standard InChI is InChI=1S/C50H30O/c1-2-13-33-30-48-46(28-32(33)12-1)45-29-36(24-26-47(45)51-48)50-43-19-7-5-17-41(43)49(42-18-6-8-20-44(42)50)35-15-9-14-34(27-35)38-21-10-22-39-37-16-4-3-11-31(37)23-25-40(38)39/h1-30H/i1D,2D,3D,4D,5D,6D,7D,8D,9D,10D,11D,12D,13D,14D,15D,16D,17D,18D,19D,20D,21D,22D,23D,24D,25D,26D,27D,28D,29D,30D. The van der Waals surface area contributed by atoms with E-state index in [9.17, 15) is 19.2 Å². The first-order chi connectivity index (χ1) is 37.8. The Kier molecular flexibility index (Phi) is 2.50. The predicted molar refractivity (Wildman–Crippen MR) is 218 cm³/mol. The van der Waals surface area contributed by atoms with Crippen molar-refractivity contribution in [3.63, 3.8) is 0 Å². The lowest BCUT2D eigenvalue weighted by Crippen LogP contribution is -1.91. The Morgan fingerprint density at radius 2 is 0.843 bits per heavy atom. The fourth-order valence-electron chi connectivity index (χ4n) is 6.33. The van der Waals surface area contributed by atoms with Crippen LogP contribution in [0, 0.1) is 0 Å². The third kappa shape index (κ3) is 4.28. The van der Waals surface area contributed by atoms with E-state index in [0.29, 0.717) is 0 Å². The summed E-state index contributed by atoms with van der Waals surface area (Å²) in [7, 11) is 0. The molecule has 11 aromatic rings. The van der Waals surface area contributed by atoms with Crippen LogP contribution >= 0.6 is 0 Å². The zero-order valence-electron chi connectivity index (χ0n) is 55.4. The van der Waals surface area contributed by atoms with E-state index >= 15 is 0 Å². The molecule has 0 aliphatic carbocycles. The molecule has 1 nitrogen and oxygen atoms in total. The average Bonchev–Trinajstić information content (AvgIpc) is 2.55. The lowest BCUT2D eigenvalue weighted by atomic mass is 9.85. The predicted octanol–water partition coefficient (Wildman–Crippen LogP) is 14.4. The Morgan fingerprint density at radius 3 is 1.57 bits per heavy atom. The molecule has 0 N–H and O–H groups in total. The smallest absolute Gasteiger partial charge is 0.136 e. The van der Waals surface area contributed by atoms with Gasteiger partial charge in [-0.15, -0.1) is 0 Å². The molecule has 236 valence electrons. The summed E-state index contributed by atoms with van der Waals surface area (Å²) in [5.74, 6) is 0. The van der Waals surface area contributed by atoms with Gasteiger partial charge in [-0.3, -0.25) is 0 Å². The lowest BCUT2D eigenvalue weighted by Gasteiger charge is -2.18. The molecule has 1 heterocycles. The number of hydrogen-bond acceptors (Lipinski definition) is 1. The molecule has 0 radical (unpaired) electrons. The van der Waals surface area contributed by atoms with Crippen LogP contribution in [0.3, 0.4) is 0 Å². The average molecular weight is 677 g/mol. The first kappa shape index (κ1) is 11.7. The molecule has 1 aromatic heterocycles. The van der Waals surface area contributed by atoms with Crippen molar-refractivity contribution in [2.45, 2.75) is 0 Å². The van der Waals surface area contributed by atoms with Crippen LogP contribution in [0.25, 0.3) is 109 Å². The van der Waals surface area contributed by atoms with E-state index in [1.54, 1.807) is 0 Å². The number of furan rings is 1. The van der Waals surface area contributed by atoms with Gasteiger partial charge < -0.3 is 4.42 Å². The van der Waals surface area contributed by atoms with Crippen molar-refractivity contribution in [3.05, 3.63) is 181 Å². The molecule has 0 saturated heterocycles. The number of hydrogen-bond donors (Lipinski definition) is 0. The molecule has 11 rings (SSSR count). The Hall–Kier alpha value is -6.70. The largest absolute Gasteiger partial charge is 0.456 e. The second kappa shape index (κ2) is 10.9. The van der Waals surface area contributed by atoms with Crippen molar-refractivity contribution in [2.75, 3.05) is 0 Å². The second-order valence-corrected chi connectivity index (χ2v) is 11.3. The summed E-state index contributed by atoms with van der Waals surface area (Å²) in [5.41, 5.74) is -6.26. The van der Waals surface area contributed by atoms with E-state index in [4.69, 9.17) is 26.3 Å². The minimum absolute atomic E-state index is 0.465. The summed E-state index contributed by atoms with van der Waals surface area (Å²) in [4.78, 5) is 0. The molecule has 0 saturated carbocycles. The highest BCUT2D eigenvalue weighted by Gasteiger charge is 2.19. The van der Waals surface area contributed by atoms with E-state index in [0.717, 1.165) is 0 Å². The van der Waals surface area contributed by atoms with E-state index in [-0.39, 0.29) is 0 Å². The summed E-state index contributed by atoms with van der Waals surface area (Å²) >= 11 is 0. The number of rotatable bonds is 3. The van der Waals surface area contributed by atoms with E-state index in [1.807, 2.05) is 0 Å². The van der Waals surface area contributed by atoms with Gasteiger partial charge in [0.15, 0.2) is 0 Å². The van der Waals surface area contributed by atoms with Gasteiger partial charge in [-0.2, -0.15) is 0 Å². The minimum atomic E-state index is -1.13. The summed E-state index contributed by atoms with van der Waals surface area (Å²) in [6.45, 7) is 0. The first-order valence-electron chi connectivity index (χ1n) is 30.2. The zero-order valence-corrected chi connectivity index (χ0v) is 25.4. The third-order valence-corrected chi connectivity index (χ3v) is 8.51. The third-order valence-electron chi connectivity index (χ3n) is 8.51. The highest BCUT2D eigenvalue weighted by molar-refractivity contribution is 6.22. The normalized spacial score (nSPS) is 20.2. The molecule has 0 unspecified atom stereocenters. The van der Waals surface area contributed by atoms with Crippen LogP contribution in [0.1, 0.15) is 41.1 Å². The van der Waals surface area contributed by atoms with Crippen LogP contribution in [0.2, 0.25) is 0 Å². The Balaban J connectivity index is 1.40. The molecular formula is C50H30O. The second-order valence-electron chi connectivity index (χ2n) is 11.3. The summed E-state index contributed by atoms with van der Waals surface area (Å²) < 4.78 is 279. The van der Waals surface area contributed by atoms with E-state index < -0.39 is 290 Å². The van der Waals surface area contributed by atoms with Crippen LogP contribution in [0.15, 0.2) is 186 Å². The van der Waals surface area contributed by atoms with Gasteiger partial charge in [-0.25, -0.2) is 0 Å². The molecule has 0 atom stereocenters. The number of benzene rings is 10. The van der Waals surface area contributed by atoms with Gasteiger partial charge in [-0.05, 0) is 117 Å². The highest BCUT2D eigenvalue weighted by Crippen LogP contribution is 2.46. The fourth-order valence-corrected chi connectivity index (χ4v) is 6.33. The quantitative estimate of drug-likeness (QED) is 0.134. The maximum Gasteiger partial charge on any atom is 0.136 e. The molecular weight excluding hydrogens is 617 g/mol. The molecule has 51 heavy (non-hydrogen) atoms. The fraction of sp³-hybridized carbons (Fsp3) is 0. The van der Waals surface area contributed by atoms with E-state index in [2.05, 4.69) is 0 Å². The molecule has 0 fully saturated rings. The van der Waals surface area contributed by atoms with Gasteiger partial charge in [-0.1, -0.05) is 151 Å². The van der Waals surface area contributed by atoms with Gasteiger partial charge in [0.05, 0.1) is 41.1 Å². The first-order valence-corrected chi connectivity index (χ1v) is 15.2. The van der Waals surface area contributed by atoms with Crippen molar-refractivity contribution in [3.8, 4) is 33.4 Å². The Morgan fingerprint density at radius 1 is 0.294 bits per heavy atom. The van der Waals surface area contributed by atoms with Crippen LogP contribution in [-0.4, -0.2) is 0 Å². The molecule has 1 heteroatoms. The molecule has 0 bridgehead atoms. The molecule has 0 amide bonds. The molecule has 10 aromatic carbocycles. The van der Waals surface area contributed by atoms with Gasteiger partial charge in [0.1, 0.15) is 11.2 Å². The summed E-state index contributed by atoms with van der Waals surface area (Å²) in [6, 6.07) is -28.2. The van der Waals surface area contributed by atoms with Crippen LogP contribution < -0.4 is 0 Å². The Bertz CT molecular complexity index is 4850. The summed E-state index contributed by atoms with van der Waals surface area (Å²) in [6.07, 6.45) is 0. The highest BCUT2D eigenvalue weighted by atomic mass is 16.3. The topological polar surface area (TPSA) is 13.1 Å². The minimum Gasteiger partial charge on any atom is -0.456 e. The van der Waals surface area contributed by atoms with Crippen molar-refractivity contribution < 1.29 is 45.5 Å². The van der Waals surface area contributed by atoms with Crippen LogP contribution in [-0.2, 0) is 0 Å². The maximum absolute atomic E-state index is 10.0. The van der Waals surface area contributed by atoms with E-state index in [1.165, 1.54) is 0 Å². The van der Waals surface area contributed by atoms with Gasteiger partial charge in [0.2, 0.25) is 0 Å². The number of fused-ring (bicyclic) bond motifs is 9. The van der Waals surface area contributed by atoms with Crippen molar-refractivity contribution in [1.82, 2.24) is 0 Å². The van der Waals surface area contributed by atoms with Gasteiger partial charge in [0, 0.05) is 10.8 Å². The van der Waals surface area contributed by atoms with Crippen molar-refractivity contribution in [2.24, 2.45) is 0 Å². The molecule has 0 aliphatic rings. The Labute approximate surface area is 336 Å². The van der Waals surface area contributed by atoms with Gasteiger partial charge in [0.25, 0.3) is 0 Å². The van der Waals surface area contributed by atoms with Crippen molar-refractivity contribution >= 4 is 75.8 Å². The van der Waals surface area contributed by atoms with Crippen molar-refractivity contribution in [1.29, 1.82) is 0 Å². The molecule has 0 spiro atoms. The maximum atomic E-state index is 10.0. The summed E-state index contributed by atoms with van der Waals surface area (Å²) in [5, 5.41) is -7.62. The zero-order chi connectivity index (χ0) is 59.6.